The lowest BCUT2D eigenvalue weighted by molar-refractivity contribution is -0.151. The Morgan fingerprint density at radius 3 is 2.44 bits per heavy atom. The molecule has 0 aliphatic carbocycles. The van der Waals surface area contributed by atoms with E-state index in [2.05, 4.69) is 5.32 Å². The highest BCUT2D eigenvalue weighted by Crippen LogP contribution is 2.18. The summed E-state index contributed by atoms with van der Waals surface area (Å²) in [5, 5.41) is 2.73. The lowest BCUT2D eigenvalue weighted by atomic mass is 9.98. The zero-order valence-corrected chi connectivity index (χ0v) is 11.9. The Bertz CT molecular complexity index is 317. The molecule has 3 atom stereocenters. The van der Waals surface area contributed by atoms with Crippen LogP contribution in [0.2, 0.25) is 0 Å². The fraction of sp³-hybridized carbons (Fsp3) is 0.846. The Morgan fingerprint density at radius 2 is 1.94 bits per heavy atom. The summed E-state index contributed by atoms with van der Waals surface area (Å²) in [7, 11) is 1.61. The third-order valence-electron chi connectivity index (χ3n) is 3.24. The topological polar surface area (TPSA) is 58.6 Å². The van der Waals surface area contributed by atoms with Gasteiger partial charge in [-0.25, -0.2) is 0 Å². The molecule has 0 radical (unpaired) electrons. The molecule has 0 bridgehead atoms. The average Bonchev–Trinajstić information content (AvgIpc) is 2.29. The summed E-state index contributed by atoms with van der Waals surface area (Å²) in [4.78, 5) is 25.9. The molecular formula is C13H24N2O3. The Kier molecular flexibility index (Phi) is 5.14. The quantitative estimate of drug-likeness (QED) is 0.791. The van der Waals surface area contributed by atoms with Gasteiger partial charge in [-0.1, -0.05) is 13.8 Å². The molecule has 1 saturated heterocycles. The second kappa shape index (κ2) is 6.18. The standard InChI is InChI=1S/C13H24N2O3/c1-8(2)6-11-12(16)14-10(4)13(17)15(11)7-9(3)18-5/h8-11H,6-7H2,1-5H3,(H,14,16). The predicted molar refractivity (Wildman–Crippen MR) is 69.0 cm³/mol. The lowest BCUT2D eigenvalue weighted by Crippen LogP contribution is -2.63. The molecule has 5 nitrogen and oxygen atoms in total. The number of carbonyl (C=O) groups excluding carboxylic acids is 2. The second-order valence-corrected chi connectivity index (χ2v) is 5.41. The van der Waals surface area contributed by atoms with Crippen molar-refractivity contribution < 1.29 is 14.3 Å². The molecule has 1 heterocycles. The first kappa shape index (κ1) is 15.0. The van der Waals surface area contributed by atoms with E-state index in [1.807, 2.05) is 20.8 Å². The van der Waals surface area contributed by atoms with Crippen molar-refractivity contribution in [2.45, 2.75) is 52.3 Å². The summed E-state index contributed by atoms with van der Waals surface area (Å²) in [5.74, 6) is 0.283. The number of rotatable bonds is 5. The molecule has 0 aromatic carbocycles. The summed E-state index contributed by atoms with van der Waals surface area (Å²) in [6.45, 7) is 8.18. The molecule has 1 rings (SSSR count). The van der Waals surface area contributed by atoms with Crippen LogP contribution in [0.25, 0.3) is 0 Å². The Hall–Kier alpha value is -1.10. The van der Waals surface area contributed by atoms with Crippen molar-refractivity contribution in [3.05, 3.63) is 0 Å². The average molecular weight is 256 g/mol. The van der Waals surface area contributed by atoms with E-state index in [0.717, 1.165) is 0 Å². The molecule has 0 aromatic rings. The van der Waals surface area contributed by atoms with Crippen molar-refractivity contribution >= 4 is 11.8 Å². The van der Waals surface area contributed by atoms with E-state index < -0.39 is 6.04 Å². The number of hydrogen-bond donors (Lipinski definition) is 1. The monoisotopic (exact) mass is 256 g/mol. The van der Waals surface area contributed by atoms with Crippen LogP contribution in [-0.2, 0) is 14.3 Å². The minimum Gasteiger partial charge on any atom is -0.380 e. The van der Waals surface area contributed by atoms with Crippen LogP contribution in [-0.4, -0.2) is 48.6 Å². The minimum atomic E-state index is -0.440. The summed E-state index contributed by atoms with van der Waals surface area (Å²) in [5.41, 5.74) is 0. The Morgan fingerprint density at radius 1 is 1.33 bits per heavy atom. The van der Waals surface area contributed by atoms with E-state index in [-0.39, 0.29) is 24.0 Å². The molecule has 0 saturated carbocycles. The number of amides is 2. The summed E-state index contributed by atoms with van der Waals surface area (Å²) in [6, 6.07) is -0.809. The van der Waals surface area contributed by atoms with Gasteiger partial charge >= 0.3 is 0 Å². The number of carbonyl (C=O) groups is 2. The number of hydrogen-bond acceptors (Lipinski definition) is 3. The van der Waals surface area contributed by atoms with Gasteiger partial charge in [0, 0.05) is 13.7 Å². The van der Waals surface area contributed by atoms with Crippen LogP contribution in [0.3, 0.4) is 0 Å². The first-order valence-electron chi connectivity index (χ1n) is 6.50. The van der Waals surface area contributed by atoms with Crippen molar-refractivity contribution in [3.63, 3.8) is 0 Å². The maximum Gasteiger partial charge on any atom is 0.245 e. The van der Waals surface area contributed by atoms with Crippen LogP contribution >= 0.6 is 0 Å². The summed E-state index contributed by atoms with van der Waals surface area (Å²) >= 11 is 0. The smallest absolute Gasteiger partial charge is 0.245 e. The van der Waals surface area contributed by atoms with Gasteiger partial charge in [0.15, 0.2) is 0 Å². The van der Waals surface area contributed by atoms with Crippen LogP contribution in [0, 0.1) is 5.92 Å². The van der Waals surface area contributed by atoms with Gasteiger partial charge in [0.05, 0.1) is 6.10 Å². The van der Waals surface area contributed by atoms with Gasteiger partial charge in [0.1, 0.15) is 12.1 Å². The van der Waals surface area contributed by atoms with Gasteiger partial charge < -0.3 is 15.0 Å². The minimum absolute atomic E-state index is 0.0239. The Labute approximate surface area is 109 Å². The van der Waals surface area contributed by atoms with Crippen LogP contribution < -0.4 is 5.32 Å². The number of piperazine rings is 1. The van der Waals surface area contributed by atoms with E-state index in [9.17, 15) is 9.59 Å². The first-order valence-corrected chi connectivity index (χ1v) is 6.50. The molecule has 1 aliphatic heterocycles. The zero-order valence-electron chi connectivity index (χ0n) is 11.9. The molecule has 104 valence electrons. The van der Waals surface area contributed by atoms with E-state index in [1.54, 1.807) is 18.9 Å². The van der Waals surface area contributed by atoms with E-state index >= 15 is 0 Å². The van der Waals surface area contributed by atoms with Crippen molar-refractivity contribution in [1.82, 2.24) is 10.2 Å². The molecule has 2 amide bonds. The van der Waals surface area contributed by atoms with Crippen molar-refractivity contribution in [3.8, 4) is 0 Å². The highest BCUT2D eigenvalue weighted by Gasteiger charge is 2.39. The Balaban J connectivity index is 2.86. The van der Waals surface area contributed by atoms with E-state index in [4.69, 9.17) is 4.74 Å². The fourth-order valence-electron chi connectivity index (χ4n) is 2.16. The van der Waals surface area contributed by atoms with Crippen molar-refractivity contribution in [2.75, 3.05) is 13.7 Å². The fourth-order valence-corrected chi connectivity index (χ4v) is 2.16. The number of nitrogens with one attached hydrogen (secondary N) is 1. The third-order valence-corrected chi connectivity index (χ3v) is 3.24. The molecule has 5 heteroatoms. The van der Waals surface area contributed by atoms with Crippen LogP contribution in [0.4, 0.5) is 0 Å². The zero-order chi connectivity index (χ0) is 13.9. The number of ether oxygens (including phenoxy) is 1. The molecule has 18 heavy (non-hydrogen) atoms. The van der Waals surface area contributed by atoms with Gasteiger partial charge in [0.2, 0.25) is 11.8 Å². The molecular weight excluding hydrogens is 232 g/mol. The first-order chi connectivity index (χ1) is 8.36. The third kappa shape index (κ3) is 3.45. The second-order valence-electron chi connectivity index (χ2n) is 5.41. The molecule has 0 aromatic heterocycles. The van der Waals surface area contributed by atoms with Crippen LogP contribution in [0.15, 0.2) is 0 Å². The molecule has 3 unspecified atom stereocenters. The summed E-state index contributed by atoms with van der Waals surface area (Å²) < 4.78 is 5.20. The van der Waals surface area contributed by atoms with Crippen molar-refractivity contribution in [1.29, 1.82) is 0 Å². The predicted octanol–water partition coefficient (Wildman–Crippen LogP) is 0.783. The highest BCUT2D eigenvalue weighted by molar-refractivity contribution is 5.96. The largest absolute Gasteiger partial charge is 0.380 e. The van der Waals surface area contributed by atoms with Crippen LogP contribution in [0.1, 0.15) is 34.1 Å². The highest BCUT2D eigenvalue weighted by atomic mass is 16.5. The number of methoxy groups -OCH3 is 1. The number of nitrogens with zero attached hydrogens (tertiary/aromatic N) is 1. The SMILES string of the molecule is COC(C)CN1C(=O)C(C)NC(=O)C1CC(C)C. The normalized spacial score (nSPS) is 26.4. The lowest BCUT2D eigenvalue weighted by Gasteiger charge is -2.39. The van der Waals surface area contributed by atoms with Gasteiger partial charge in [-0.05, 0) is 26.2 Å². The van der Waals surface area contributed by atoms with Crippen molar-refractivity contribution in [2.24, 2.45) is 5.92 Å². The maximum atomic E-state index is 12.2. The summed E-state index contributed by atoms with van der Waals surface area (Å²) in [6.07, 6.45) is 0.613. The van der Waals surface area contributed by atoms with Gasteiger partial charge in [-0.15, -0.1) is 0 Å². The van der Waals surface area contributed by atoms with Gasteiger partial charge in [-0.2, -0.15) is 0 Å². The molecule has 1 aliphatic rings. The maximum absolute atomic E-state index is 12.2. The van der Waals surface area contributed by atoms with E-state index in [1.165, 1.54) is 0 Å². The van der Waals surface area contributed by atoms with Gasteiger partial charge in [0.25, 0.3) is 0 Å². The van der Waals surface area contributed by atoms with E-state index in [0.29, 0.717) is 18.9 Å². The van der Waals surface area contributed by atoms with Gasteiger partial charge in [-0.3, -0.25) is 9.59 Å². The molecule has 1 N–H and O–H groups in total. The van der Waals surface area contributed by atoms with Crippen LogP contribution in [0.5, 0.6) is 0 Å². The molecule has 0 spiro atoms. The molecule has 1 fully saturated rings.